The predicted octanol–water partition coefficient (Wildman–Crippen LogP) is 3.80. The van der Waals surface area contributed by atoms with Gasteiger partial charge in [-0.2, -0.15) is 0 Å². The zero-order valence-electron chi connectivity index (χ0n) is 16.7. The molecule has 0 saturated heterocycles. The third kappa shape index (κ3) is 7.86. The van der Waals surface area contributed by atoms with Crippen LogP contribution < -0.4 is 4.74 Å². The number of aliphatic hydroxyl groups excluding tert-OH is 2. The van der Waals surface area contributed by atoms with Gasteiger partial charge in [-0.1, -0.05) is 31.2 Å². The quantitative estimate of drug-likeness (QED) is 0.323. The van der Waals surface area contributed by atoms with E-state index in [1.165, 1.54) is 11.3 Å². The van der Waals surface area contributed by atoms with Gasteiger partial charge in [-0.3, -0.25) is 0 Å². The monoisotopic (exact) mass is 488 g/mol. The summed E-state index contributed by atoms with van der Waals surface area (Å²) in [6, 6.07) is 1.90. The normalized spacial score (nSPS) is 25.8. The first kappa shape index (κ1) is 24.1. The van der Waals surface area contributed by atoms with Gasteiger partial charge < -0.3 is 24.8 Å². The Kier molecular flexibility index (Phi) is 9.85. The molecule has 1 saturated carbocycles. The standard InChI is InChI=1S/C21H29BrO6S/c1-13-9-19(24)17(5-3-4-8-27-12-20(25)26)16(13)7-6-15(23)11-28-21-10-18(22)14(2)29-21/h3-4,6-7,10,13,15-17,19,23-24H,5,8-9,11-12H2,1-2H3,(H,25,26)/b4-3-,7-6+/t13-,15-,16+,17-,19?/m1/s1. The first-order chi connectivity index (χ1) is 13.8. The second kappa shape index (κ2) is 11.9. The topological polar surface area (TPSA) is 96.2 Å². The minimum absolute atomic E-state index is 0.0565. The van der Waals surface area contributed by atoms with Gasteiger partial charge in [-0.15, -0.1) is 11.3 Å². The molecule has 0 bridgehead atoms. The fraction of sp³-hybridized carbons (Fsp3) is 0.571. The van der Waals surface area contributed by atoms with Gasteiger partial charge in [0, 0.05) is 15.4 Å². The molecular formula is C21H29BrO6S. The zero-order valence-corrected chi connectivity index (χ0v) is 19.1. The Morgan fingerprint density at radius 1 is 1.45 bits per heavy atom. The minimum Gasteiger partial charge on any atom is -0.481 e. The number of aliphatic carboxylic acids is 1. The molecule has 6 nitrogen and oxygen atoms in total. The van der Waals surface area contributed by atoms with Gasteiger partial charge in [0.1, 0.15) is 19.3 Å². The summed E-state index contributed by atoms with van der Waals surface area (Å²) >= 11 is 4.98. The summed E-state index contributed by atoms with van der Waals surface area (Å²) < 4.78 is 11.6. The van der Waals surface area contributed by atoms with Crippen molar-refractivity contribution in [2.75, 3.05) is 19.8 Å². The van der Waals surface area contributed by atoms with Crippen molar-refractivity contribution in [1.82, 2.24) is 0 Å². The number of aryl methyl sites for hydroxylation is 1. The van der Waals surface area contributed by atoms with Crippen LogP contribution in [0.5, 0.6) is 5.06 Å². The molecule has 1 heterocycles. The van der Waals surface area contributed by atoms with Crippen LogP contribution in [0, 0.1) is 24.7 Å². The molecule has 1 aromatic heterocycles. The summed E-state index contributed by atoms with van der Waals surface area (Å²) in [5.41, 5.74) is 0. The van der Waals surface area contributed by atoms with Crippen molar-refractivity contribution in [1.29, 1.82) is 0 Å². The van der Waals surface area contributed by atoms with Crippen LogP contribution in [-0.4, -0.2) is 53.3 Å². The van der Waals surface area contributed by atoms with Crippen LogP contribution in [0.1, 0.15) is 24.6 Å². The van der Waals surface area contributed by atoms with Gasteiger partial charge in [0.05, 0.1) is 12.7 Å². The lowest BCUT2D eigenvalue weighted by Gasteiger charge is -2.20. The van der Waals surface area contributed by atoms with Crippen molar-refractivity contribution in [2.45, 2.75) is 38.9 Å². The summed E-state index contributed by atoms with van der Waals surface area (Å²) in [5.74, 6) is -0.469. The van der Waals surface area contributed by atoms with Crippen molar-refractivity contribution in [3.63, 3.8) is 0 Å². The van der Waals surface area contributed by atoms with Gasteiger partial charge in [0.15, 0.2) is 5.06 Å². The number of carbonyl (C=O) groups is 1. The van der Waals surface area contributed by atoms with Gasteiger partial charge in [-0.25, -0.2) is 4.79 Å². The highest BCUT2D eigenvalue weighted by molar-refractivity contribution is 9.10. The number of ether oxygens (including phenoxy) is 2. The predicted molar refractivity (Wildman–Crippen MR) is 116 cm³/mol. The van der Waals surface area contributed by atoms with Crippen molar-refractivity contribution in [3.8, 4) is 5.06 Å². The molecular weight excluding hydrogens is 460 g/mol. The van der Waals surface area contributed by atoms with Gasteiger partial charge >= 0.3 is 5.97 Å². The molecule has 1 aliphatic carbocycles. The van der Waals surface area contributed by atoms with E-state index in [-0.39, 0.29) is 31.7 Å². The van der Waals surface area contributed by atoms with Crippen LogP contribution in [0.15, 0.2) is 34.8 Å². The first-order valence-electron chi connectivity index (χ1n) is 9.65. The second-order valence-corrected chi connectivity index (χ2v) is 9.44. The number of rotatable bonds is 11. The molecule has 162 valence electrons. The van der Waals surface area contributed by atoms with E-state index >= 15 is 0 Å². The highest BCUT2D eigenvalue weighted by Crippen LogP contribution is 2.40. The lowest BCUT2D eigenvalue weighted by atomic mass is 9.87. The summed E-state index contributed by atoms with van der Waals surface area (Å²) in [6.45, 7) is 4.20. The molecule has 5 atom stereocenters. The number of hydrogen-bond donors (Lipinski definition) is 3. The molecule has 0 spiro atoms. The molecule has 3 N–H and O–H groups in total. The number of thiophene rings is 1. The molecule has 1 aromatic rings. The molecule has 0 amide bonds. The van der Waals surface area contributed by atoms with Crippen LogP contribution in [0.2, 0.25) is 0 Å². The molecule has 1 aliphatic rings. The van der Waals surface area contributed by atoms with E-state index in [1.807, 2.05) is 25.1 Å². The van der Waals surface area contributed by atoms with Crippen molar-refractivity contribution < 1.29 is 29.6 Å². The molecule has 0 radical (unpaired) electrons. The maximum atomic E-state index is 10.4. The fourth-order valence-corrected chi connectivity index (χ4v) is 4.92. The SMILES string of the molecule is Cc1sc(OC[C@H](O)/C=C/[C@H]2[C@H](C)CC(O)[C@@H]2C/C=C\COCC(=O)O)cc1Br. The first-order valence-corrected chi connectivity index (χ1v) is 11.3. The maximum absolute atomic E-state index is 10.4. The number of carboxylic acids is 1. The molecule has 0 aromatic carbocycles. The van der Waals surface area contributed by atoms with E-state index in [9.17, 15) is 15.0 Å². The van der Waals surface area contributed by atoms with E-state index in [2.05, 4.69) is 22.9 Å². The fourth-order valence-electron chi connectivity index (χ4n) is 3.56. The van der Waals surface area contributed by atoms with Crippen molar-refractivity contribution >= 4 is 33.2 Å². The Morgan fingerprint density at radius 2 is 2.21 bits per heavy atom. The number of hydrogen-bond acceptors (Lipinski definition) is 6. The Morgan fingerprint density at radius 3 is 2.86 bits per heavy atom. The second-order valence-electron chi connectivity index (χ2n) is 7.37. The van der Waals surface area contributed by atoms with Crippen molar-refractivity contribution in [3.05, 3.63) is 39.7 Å². The smallest absolute Gasteiger partial charge is 0.329 e. The number of aliphatic hydroxyl groups is 2. The summed E-state index contributed by atoms with van der Waals surface area (Å²) in [5, 5.41) is 29.9. The van der Waals surface area contributed by atoms with E-state index in [0.29, 0.717) is 12.3 Å². The Labute approximate surface area is 184 Å². The Balaban J connectivity index is 1.83. The van der Waals surface area contributed by atoms with Crippen LogP contribution >= 0.6 is 27.3 Å². The van der Waals surface area contributed by atoms with Crippen LogP contribution in [0.25, 0.3) is 0 Å². The summed E-state index contributed by atoms with van der Waals surface area (Å²) in [4.78, 5) is 11.5. The van der Waals surface area contributed by atoms with Crippen LogP contribution in [0.3, 0.4) is 0 Å². The number of allylic oxidation sites excluding steroid dienone is 2. The number of carboxylic acid groups (broad SMARTS) is 1. The van der Waals surface area contributed by atoms with E-state index in [1.54, 1.807) is 12.2 Å². The highest BCUT2D eigenvalue weighted by atomic mass is 79.9. The number of halogens is 1. The van der Waals surface area contributed by atoms with E-state index in [4.69, 9.17) is 14.6 Å². The average Bonchev–Trinajstić information content (AvgIpc) is 3.11. The van der Waals surface area contributed by atoms with E-state index < -0.39 is 18.2 Å². The Hall–Kier alpha value is -1.19. The molecule has 0 aliphatic heterocycles. The lowest BCUT2D eigenvalue weighted by molar-refractivity contribution is -0.141. The van der Waals surface area contributed by atoms with E-state index in [0.717, 1.165) is 20.8 Å². The third-order valence-corrected chi connectivity index (χ3v) is 7.11. The maximum Gasteiger partial charge on any atom is 0.329 e. The highest BCUT2D eigenvalue weighted by Gasteiger charge is 2.37. The van der Waals surface area contributed by atoms with Gasteiger partial charge in [0.25, 0.3) is 0 Å². The molecule has 29 heavy (non-hydrogen) atoms. The van der Waals surface area contributed by atoms with Gasteiger partial charge in [0.2, 0.25) is 0 Å². The largest absolute Gasteiger partial charge is 0.481 e. The van der Waals surface area contributed by atoms with Crippen LogP contribution in [0.4, 0.5) is 0 Å². The summed E-state index contributed by atoms with van der Waals surface area (Å²) in [6.07, 6.45) is 7.72. The molecule has 2 rings (SSSR count). The molecule has 8 heteroatoms. The molecule has 1 fully saturated rings. The lowest BCUT2D eigenvalue weighted by Crippen LogP contribution is -2.20. The summed E-state index contributed by atoms with van der Waals surface area (Å²) in [7, 11) is 0. The average molecular weight is 489 g/mol. The third-order valence-electron chi connectivity index (χ3n) is 5.06. The Bertz CT molecular complexity index is 697. The minimum atomic E-state index is -0.993. The van der Waals surface area contributed by atoms with Crippen molar-refractivity contribution in [2.24, 2.45) is 17.8 Å². The van der Waals surface area contributed by atoms with Gasteiger partial charge in [-0.05, 0) is 53.4 Å². The van der Waals surface area contributed by atoms with Crippen LogP contribution in [-0.2, 0) is 9.53 Å². The zero-order chi connectivity index (χ0) is 21.4. The molecule has 1 unspecified atom stereocenters.